The summed E-state index contributed by atoms with van der Waals surface area (Å²) in [6, 6.07) is 0. The summed E-state index contributed by atoms with van der Waals surface area (Å²) in [7, 11) is 0. The standard InChI is InChI=1S/C21H26O5S/c1-12-14-5-8-21(17(12)22)15(9-14)20-7-4-6-19(3,10-25-27(24)26-11-20)16(20)13(2)18(21)23/h14-16H,1-2,4-11H2,3H3/t14-,15?,16?,19+,20?,21?,27?/m1/s1. The Hall–Kier alpha value is -1.11. The first-order valence-electron chi connectivity index (χ1n) is 9.92. The van der Waals surface area contributed by atoms with Crippen LogP contribution in [0.1, 0.15) is 45.4 Å². The zero-order valence-electron chi connectivity index (χ0n) is 15.8. The number of hydrogen-bond acceptors (Lipinski definition) is 5. The Kier molecular flexibility index (Phi) is 3.65. The highest BCUT2D eigenvalue weighted by Crippen LogP contribution is 2.71. The third-order valence-corrected chi connectivity index (χ3v) is 9.12. The number of fused-ring (bicyclic) bond motifs is 2. The van der Waals surface area contributed by atoms with Crippen LogP contribution in [0.25, 0.3) is 0 Å². The van der Waals surface area contributed by atoms with Gasteiger partial charge in [-0.15, -0.1) is 0 Å². The number of hydrogen-bond donors (Lipinski definition) is 0. The number of allylic oxidation sites excluding steroid dienone is 2. The summed E-state index contributed by atoms with van der Waals surface area (Å²) in [5.74, 6) is -0.175. The number of rotatable bonds is 0. The molecule has 27 heavy (non-hydrogen) atoms. The van der Waals surface area contributed by atoms with Gasteiger partial charge in [-0.1, -0.05) is 26.5 Å². The monoisotopic (exact) mass is 390 g/mol. The normalized spacial score (nSPS) is 52.0. The predicted molar refractivity (Wildman–Crippen MR) is 99.5 cm³/mol. The first kappa shape index (κ1) is 18.0. The van der Waals surface area contributed by atoms with E-state index in [1.165, 1.54) is 0 Å². The van der Waals surface area contributed by atoms with Crippen molar-refractivity contribution in [3.8, 4) is 0 Å². The molecule has 6 rings (SSSR count). The van der Waals surface area contributed by atoms with Crippen LogP contribution in [0.3, 0.4) is 0 Å². The SMILES string of the molecule is C=C1C(=O)C23CC[C@H](CC2C24CCC[C@@](C)(COS(=O)OC2)C14)C(=C)C3=O. The van der Waals surface area contributed by atoms with Crippen molar-refractivity contribution in [2.75, 3.05) is 13.2 Å². The van der Waals surface area contributed by atoms with Crippen molar-refractivity contribution in [1.29, 1.82) is 0 Å². The van der Waals surface area contributed by atoms with Crippen LogP contribution in [-0.4, -0.2) is 29.0 Å². The number of ketones is 2. The van der Waals surface area contributed by atoms with E-state index in [4.69, 9.17) is 8.37 Å². The molecule has 7 atom stereocenters. The van der Waals surface area contributed by atoms with Crippen LogP contribution in [0.5, 0.6) is 0 Å². The van der Waals surface area contributed by atoms with Crippen LogP contribution < -0.4 is 0 Å². The Balaban J connectivity index is 1.74. The quantitative estimate of drug-likeness (QED) is 0.470. The molecule has 5 unspecified atom stereocenters. The van der Waals surface area contributed by atoms with Crippen LogP contribution in [-0.2, 0) is 29.3 Å². The van der Waals surface area contributed by atoms with Gasteiger partial charge in [0, 0.05) is 11.3 Å². The summed E-state index contributed by atoms with van der Waals surface area (Å²) in [6.45, 7) is 10.9. The van der Waals surface area contributed by atoms with Crippen molar-refractivity contribution in [2.24, 2.45) is 34.0 Å². The van der Waals surface area contributed by atoms with E-state index < -0.39 is 16.8 Å². The number of carbonyl (C=O) groups excluding carboxylic acids is 2. The minimum absolute atomic E-state index is 0.0688. The van der Waals surface area contributed by atoms with E-state index in [1.54, 1.807) is 0 Å². The Labute approximate surface area is 162 Å². The minimum Gasteiger partial charge on any atom is -0.293 e. The van der Waals surface area contributed by atoms with Crippen LogP contribution in [0.2, 0.25) is 0 Å². The minimum atomic E-state index is -1.79. The van der Waals surface area contributed by atoms with E-state index in [9.17, 15) is 13.8 Å². The molecule has 146 valence electrons. The van der Waals surface area contributed by atoms with Crippen LogP contribution in [0.15, 0.2) is 24.3 Å². The molecule has 1 spiro atoms. The fourth-order valence-electron chi connectivity index (χ4n) is 7.49. The zero-order valence-corrected chi connectivity index (χ0v) is 16.6. The molecule has 0 N–H and O–H groups in total. The van der Waals surface area contributed by atoms with E-state index in [0.717, 1.165) is 32.1 Å². The van der Waals surface area contributed by atoms with Gasteiger partial charge in [-0.25, -0.2) is 0 Å². The van der Waals surface area contributed by atoms with Gasteiger partial charge in [0.1, 0.15) is 0 Å². The lowest BCUT2D eigenvalue weighted by Crippen LogP contribution is -2.70. The molecule has 6 aliphatic rings. The van der Waals surface area contributed by atoms with Crippen molar-refractivity contribution >= 4 is 22.9 Å². The van der Waals surface area contributed by atoms with Crippen LogP contribution in [0.4, 0.5) is 0 Å². The molecule has 5 aliphatic carbocycles. The van der Waals surface area contributed by atoms with Gasteiger partial charge in [0.05, 0.1) is 18.6 Å². The van der Waals surface area contributed by atoms with Gasteiger partial charge < -0.3 is 0 Å². The Morgan fingerprint density at radius 1 is 1.04 bits per heavy atom. The molecule has 5 nitrogen and oxygen atoms in total. The fraction of sp³-hybridized carbons (Fsp3) is 0.714. The zero-order chi connectivity index (χ0) is 19.2. The van der Waals surface area contributed by atoms with E-state index in [0.29, 0.717) is 17.6 Å². The average Bonchev–Trinajstić information content (AvgIpc) is 2.66. The molecule has 1 heterocycles. The molecule has 0 amide bonds. The summed E-state index contributed by atoms with van der Waals surface area (Å²) in [4.78, 5) is 27.0. The Morgan fingerprint density at radius 2 is 1.74 bits per heavy atom. The number of Topliss-reactive ketones (excluding diaryl/α,β-unsaturated/α-hetero) is 2. The molecule has 0 aromatic carbocycles. The number of carbonyl (C=O) groups is 2. The maximum Gasteiger partial charge on any atom is 0.304 e. The molecular formula is C21H26O5S. The van der Waals surface area contributed by atoms with Gasteiger partial charge in [0.2, 0.25) is 0 Å². The topological polar surface area (TPSA) is 69.7 Å². The lowest BCUT2D eigenvalue weighted by Gasteiger charge is -2.67. The van der Waals surface area contributed by atoms with Crippen molar-refractivity contribution in [3.05, 3.63) is 24.3 Å². The largest absolute Gasteiger partial charge is 0.304 e. The molecule has 6 fully saturated rings. The maximum absolute atomic E-state index is 13.7. The molecular weight excluding hydrogens is 364 g/mol. The van der Waals surface area contributed by atoms with Crippen molar-refractivity contribution < 1.29 is 22.2 Å². The van der Waals surface area contributed by atoms with Gasteiger partial charge in [0.25, 0.3) is 0 Å². The molecule has 6 heteroatoms. The highest BCUT2D eigenvalue weighted by atomic mass is 32.2. The predicted octanol–water partition coefficient (Wildman–Crippen LogP) is 3.09. The summed E-state index contributed by atoms with van der Waals surface area (Å²) < 4.78 is 23.2. The van der Waals surface area contributed by atoms with Crippen molar-refractivity contribution in [2.45, 2.75) is 45.4 Å². The second-order valence-electron chi connectivity index (χ2n) is 9.61. The molecule has 0 radical (unpaired) electrons. The van der Waals surface area contributed by atoms with E-state index in [1.807, 2.05) is 0 Å². The summed E-state index contributed by atoms with van der Waals surface area (Å²) in [5.41, 5.74) is -0.557. The summed E-state index contributed by atoms with van der Waals surface area (Å²) >= 11 is -1.79. The fourth-order valence-corrected chi connectivity index (χ4v) is 8.24. The highest BCUT2D eigenvalue weighted by molar-refractivity contribution is 7.75. The molecule has 0 aromatic rings. The van der Waals surface area contributed by atoms with Gasteiger partial charge in [-0.3, -0.25) is 18.0 Å². The first-order valence-corrected chi connectivity index (χ1v) is 10.9. The van der Waals surface area contributed by atoms with E-state index >= 15 is 0 Å². The van der Waals surface area contributed by atoms with Crippen molar-refractivity contribution in [3.63, 3.8) is 0 Å². The van der Waals surface area contributed by atoms with Gasteiger partial charge in [-0.05, 0) is 60.5 Å². The van der Waals surface area contributed by atoms with Crippen molar-refractivity contribution in [1.82, 2.24) is 0 Å². The van der Waals surface area contributed by atoms with E-state index in [2.05, 4.69) is 20.1 Å². The maximum atomic E-state index is 13.7. The van der Waals surface area contributed by atoms with Crippen LogP contribution >= 0.6 is 0 Å². The summed E-state index contributed by atoms with van der Waals surface area (Å²) in [6.07, 6.45) is 4.98. The summed E-state index contributed by atoms with van der Waals surface area (Å²) in [5, 5.41) is 0. The van der Waals surface area contributed by atoms with Gasteiger partial charge in [0.15, 0.2) is 11.6 Å². The van der Waals surface area contributed by atoms with Gasteiger partial charge >= 0.3 is 11.4 Å². The second kappa shape index (κ2) is 5.49. The third-order valence-electron chi connectivity index (χ3n) is 8.50. The van der Waals surface area contributed by atoms with Crippen LogP contribution in [0, 0.1) is 34.0 Å². The lowest BCUT2D eigenvalue weighted by atomic mass is 9.35. The molecule has 5 saturated carbocycles. The van der Waals surface area contributed by atoms with Gasteiger partial charge in [-0.2, -0.15) is 4.21 Å². The Bertz CT molecular complexity index is 817. The average molecular weight is 391 g/mol. The smallest absolute Gasteiger partial charge is 0.293 e. The molecule has 1 aliphatic heterocycles. The second-order valence-corrected chi connectivity index (χ2v) is 10.5. The highest BCUT2D eigenvalue weighted by Gasteiger charge is 2.73. The Morgan fingerprint density at radius 3 is 2.52 bits per heavy atom. The molecule has 0 aromatic heterocycles. The molecule has 1 saturated heterocycles. The van der Waals surface area contributed by atoms with E-state index in [-0.39, 0.29) is 53.4 Å². The molecule has 4 bridgehead atoms. The lowest BCUT2D eigenvalue weighted by molar-refractivity contribution is -0.188. The third kappa shape index (κ3) is 1.99. The first-order chi connectivity index (χ1) is 12.8.